The fourth-order valence-corrected chi connectivity index (χ4v) is 2.43. The zero-order valence-corrected chi connectivity index (χ0v) is 13.6. The van der Waals surface area contributed by atoms with Crippen molar-refractivity contribution in [2.75, 3.05) is 31.4 Å². The largest absolute Gasteiger partial charge is 0.496 e. The molecule has 118 valence electrons. The molecule has 0 aliphatic rings. The highest BCUT2D eigenvalue weighted by Crippen LogP contribution is 2.24. The first-order valence-corrected chi connectivity index (χ1v) is 7.49. The lowest BCUT2D eigenvalue weighted by Gasteiger charge is -2.15. The molecule has 0 saturated carbocycles. The van der Waals surface area contributed by atoms with E-state index in [2.05, 4.69) is 15.3 Å². The highest BCUT2D eigenvalue weighted by molar-refractivity contribution is 5.90. The Bertz CT molecular complexity index is 817. The number of fused-ring (bicyclic) bond motifs is 1. The van der Waals surface area contributed by atoms with Crippen molar-refractivity contribution >= 4 is 22.7 Å². The van der Waals surface area contributed by atoms with E-state index >= 15 is 0 Å². The first-order valence-electron chi connectivity index (χ1n) is 7.49. The summed E-state index contributed by atoms with van der Waals surface area (Å²) in [5.41, 5.74) is 2.01. The van der Waals surface area contributed by atoms with Crippen molar-refractivity contribution in [3.8, 4) is 5.75 Å². The van der Waals surface area contributed by atoms with Crippen LogP contribution >= 0.6 is 0 Å². The summed E-state index contributed by atoms with van der Waals surface area (Å²) in [7, 11) is 5.56. The molecular weight excluding hydrogens is 288 g/mol. The number of para-hydroxylation sites is 2. The number of anilines is 2. The van der Waals surface area contributed by atoms with Gasteiger partial charge >= 0.3 is 0 Å². The van der Waals surface area contributed by atoms with E-state index in [-0.39, 0.29) is 0 Å². The van der Waals surface area contributed by atoms with Crippen molar-refractivity contribution in [3.05, 3.63) is 54.1 Å². The minimum atomic E-state index is 0.637. The Morgan fingerprint density at radius 3 is 2.52 bits per heavy atom. The molecule has 0 amide bonds. The van der Waals surface area contributed by atoms with Crippen molar-refractivity contribution in [2.45, 2.75) is 6.54 Å². The highest BCUT2D eigenvalue weighted by Gasteiger charge is 2.09. The SMILES string of the molecule is COc1ccccc1CNc1nc(N(C)C)nc2ccccc12. The molecule has 3 rings (SSSR count). The number of hydrogen-bond donors (Lipinski definition) is 1. The second-order valence-corrected chi connectivity index (χ2v) is 5.45. The Kier molecular flexibility index (Phi) is 4.28. The molecular formula is C18H20N4O. The van der Waals surface area contributed by atoms with Gasteiger partial charge in [0.05, 0.1) is 12.6 Å². The van der Waals surface area contributed by atoms with E-state index in [0.29, 0.717) is 12.5 Å². The summed E-state index contributed by atoms with van der Waals surface area (Å²) in [4.78, 5) is 11.1. The second kappa shape index (κ2) is 6.52. The van der Waals surface area contributed by atoms with Gasteiger partial charge in [-0.3, -0.25) is 0 Å². The van der Waals surface area contributed by atoms with Crippen LogP contribution in [-0.4, -0.2) is 31.2 Å². The third kappa shape index (κ3) is 3.18. The summed E-state index contributed by atoms with van der Waals surface area (Å²) >= 11 is 0. The predicted molar refractivity (Wildman–Crippen MR) is 94.2 cm³/mol. The van der Waals surface area contributed by atoms with Gasteiger partial charge in [-0.2, -0.15) is 4.98 Å². The maximum absolute atomic E-state index is 5.40. The van der Waals surface area contributed by atoms with Gasteiger partial charge in [0.15, 0.2) is 0 Å². The van der Waals surface area contributed by atoms with E-state index in [1.807, 2.05) is 67.5 Å². The zero-order valence-electron chi connectivity index (χ0n) is 13.6. The molecule has 1 aromatic heterocycles. The van der Waals surface area contributed by atoms with E-state index in [9.17, 15) is 0 Å². The van der Waals surface area contributed by atoms with Crippen LogP contribution in [0, 0.1) is 0 Å². The van der Waals surface area contributed by atoms with Crippen LogP contribution in [0.2, 0.25) is 0 Å². The fourth-order valence-electron chi connectivity index (χ4n) is 2.43. The number of ether oxygens (including phenoxy) is 1. The van der Waals surface area contributed by atoms with Gasteiger partial charge in [0.25, 0.3) is 0 Å². The molecule has 0 unspecified atom stereocenters. The van der Waals surface area contributed by atoms with Gasteiger partial charge in [0, 0.05) is 31.6 Å². The Labute approximate surface area is 135 Å². The second-order valence-electron chi connectivity index (χ2n) is 5.45. The third-order valence-corrected chi connectivity index (χ3v) is 3.63. The van der Waals surface area contributed by atoms with Gasteiger partial charge in [0.1, 0.15) is 11.6 Å². The van der Waals surface area contributed by atoms with Crippen LogP contribution in [0.1, 0.15) is 5.56 Å². The Balaban J connectivity index is 1.95. The van der Waals surface area contributed by atoms with Crippen molar-refractivity contribution < 1.29 is 4.74 Å². The topological polar surface area (TPSA) is 50.3 Å². The van der Waals surface area contributed by atoms with E-state index in [0.717, 1.165) is 28.0 Å². The molecule has 0 aliphatic heterocycles. The summed E-state index contributed by atoms with van der Waals surface area (Å²) in [6, 6.07) is 16.0. The molecule has 2 aromatic carbocycles. The van der Waals surface area contributed by atoms with Crippen LogP contribution in [0.25, 0.3) is 10.9 Å². The fraction of sp³-hybridized carbons (Fsp3) is 0.222. The van der Waals surface area contributed by atoms with Gasteiger partial charge in [-0.05, 0) is 18.2 Å². The lowest BCUT2D eigenvalue weighted by molar-refractivity contribution is 0.410. The quantitative estimate of drug-likeness (QED) is 0.783. The molecule has 0 radical (unpaired) electrons. The minimum Gasteiger partial charge on any atom is -0.496 e. The van der Waals surface area contributed by atoms with Crippen molar-refractivity contribution in [2.24, 2.45) is 0 Å². The van der Waals surface area contributed by atoms with E-state index in [1.54, 1.807) is 7.11 Å². The highest BCUT2D eigenvalue weighted by atomic mass is 16.5. The maximum Gasteiger partial charge on any atom is 0.227 e. The molecule has 0 fully saturated rings. The molecule has 0 spiro atoms. The van der Waals surface area contributed by atoms with Gasteiger partial charge in [-0.15, -0.1) is 0 Å². The van der Waals surface area contributed by atoms with E-state index in [1.165, 1.54) is 0 Å². The van der Waals surface area contributed by atoms with Gasteiger partial charge < -0.3 is 15.0 Å². The predicted octanol–water partition coefficient (Wildman–Crippen LogP) is 3.32. The average Bonchev–Trinajstić information content (AvgIpc) is 2.59. The normalized spacial score (nSPS) is 10.6. The molecule has 5 heteroatoms. The van der Waals surface area contributed by atoms with Crippen LogP contribution in [0.4, 0.5) is 11.8 Å². The minimum absolute atomic E-state index is 0.637. The number of rotatable bonds is 5. The first-order chi connectivity index (χ1) is 11.2. The van der Waals surface area contributed by atoms with Gasteiger partial charge in [-0.1, -0.05) is 30.3 Å². The molecule has 3 aromatic rings. The number of aromatic nitrogens is 2. The smallest absolute Gasteiger partial charge is 0.227 e. The van der Waals surface area contributed by atoms with E-state index < -0.39 is 0 Å². The Hall–Kier alpha value is -2.82. The van der Waals surface area contributed by atoms with Gasteiger partial charge in [0.2, 0.25) is 5.95 Å². The molecule has 1 heterocycles. The van der Waals surface area contributed by atoms with Crippen LogP contribution in [0.3, 0.4) is 0 Å². The summed E-state index contributed by atoms with van der Waals surface area (Å²) in [5, 5.41) is 4.42. The number of nitrogens with zero attached hydrogens (tertiary/aromatic N) is 3. The number of benzene rings is 2. The molecule has 1 N–H and O–H groups in total. The molecule has 0 aliphatic carbocycles. The number of nitrogens with one attached hydrogen (secondary N) is 1. The van der Waals surface area contributed by atoms with Crippen molar-refractivity contribution in [1.82, 2.24) is 9.97 Å². The van der Waals surface area contributed by atoms with Gasteiger partial charge in [-0.25, -0.2) is 4.98 Å². The van der Waals surface area contributed by atoms with Crippen LogP contribution in [0.5, 0.6) is 5.75 Å². The maximum atomic E-state index is 5.40. The Morgan fingerprint density at radius 2 is 1.74 bits per heavy atom. The number of methoxy groups -OCH3 is 1. The summed E-state index contributed by atoms with van der Waals surface area (Å²) in [6.45, 7) is 0.637. The molecule has 0 saturated heterocycles. The van der Waals surface area contributed by atoms with Crippen LogP contribution < -0.4 is 15.0 Å². The zero-order chi connectivity index (χ0) is 16.2. The standard InChI is InChI=1S/C18H20N4O/c1-22(2)18-20-15-10-6-5-9-14(15)17(21-18)19-12-13-8-4-7-11-16(13)23-3/h4-11H,12H2,1-3H3,(H,19,20,21). The average molecular weight is 308 g/mol. The first kappa shape index (κ1) is 15.1. The molecule has 5 nitrogen and oxygen atoms in total. The summed E-state index contributed by atoms with van der Waals surface area (Å²) in [5.74, 6) is 2.38. The lowest BCUT2D eigenvalue weighted by Crippen LogP contribution is -2.14. The monoisotopic (exact) mass is 308 g/mol. The lowest BCUT2D eigenvalue weighted by atomic mass is 10.2. The molecule has 0 bridgehead atoms. The molecule has 0 atom stereocenters. The van der Waals surface area contributed by atoms with Crippen molar-refractivity contribution in [1.29, 1.82) is 0 Å². The van der Waals surface area contributed by atoms with Crippen molar-refractivity contribution in [3.63, 3.8) is 0 Å². The summed E-state index contributed by atoms with van der Waals surface area (Å²) < 4.78 is 5.40. The van der Waals surface area contributed by atoms with Crippen LogP contribution in [-0.2, 0) is 6.54 Å². The number of hydrogen-bond acceptors (Lipinski definition) is 5. The summed E-state index contributed by atoms with van der Waals surface area (Å²) in [6.07, 6.45) is 0. The third-order valence-electron chi connectivity index (χ3n) is 3.63. The van der Waals surface area contributed by atoms with Crippen LogP contribution in [0.15, 0.2) is 48.5 Å². The van der Waals surface area contributed by atoms with E-state index in [4.69, 9.17) is 4.74 Å². The Morgan fingerprint density at radius 1 is 1.00 bits per heavy atom. The molecule has 23 heavy (non-hydrogen) atoms.